The van der Waals surface area contributed by atoms with E-state index in [1.165, 1.54) is 66.9 Å². The molecule has 0 atom stereocenters. The van der Waals surface area contributed by atoms with Crippen LogP contribution in [0, 0.1) is 6.92 Å². The molecule has 0 amide bonds. The van der Waals surface area contributed by atoms with E-state index in [4.69, 9.17) is 0 Å². The Labute approximate surface area is 264 Å². The van der Waals surface area contributed by atoms with Crippen LogP contribution in [0.4, 0.5) is 17.1 Å². The van der Waals surface area contributed by atoms with E-state index in [9.17, 15) is 0 Å². The molecule has 9 rings (SSSR count). The molecular weight excluding hydrogens is 542 g/mol. The number of benzene rings is 7. The molecule has 2 aliphatic carbocycles. The summed E-state index contributed by atoms with van der Waals surface area (Å²) in [5, 5.41) is 0. The Bertz CT molecular complexity index is 2180. The molecule has 0 radical (unpaired) electrons. The first-order valence-electron chi connectivity index (χ1n) is 15.7. The van der Waals surface area contributed by atoms with Gasteiger partial charge in [-0.25, -0.2) is 0 Å². The smallest absolute Gasteiger partial charge is 0.0726 e. The first-order chi connectivity index (χ1) is 22.3. The van der Waals surface area contributed by atoms with Gasteiger partial charge in [0.2, 0.25) is 0 Å². The first kappa shape index (κ1) is 25.8. The normalized spacial score (nSPS) is 13.2. The number of para-hydroxylation sites is 1. The van der Waals surface area contributed by atoms with Crippen molar-refractivity contribution in [3.63, 3.8) is 0 Å². The van der Waals surface area contributed by atoms with Crippen molar-refractivity contribution >= 4 is 17.1 Å². The van der Waals surface area contributed by atoms with E-state index >= 15 is 0 Å². The predicted octanol–water partition coefficient (Wildman–Crippen LogP) is 11.5. The zero-order valence-corrected chi connectivity index (χ0v) is 25.1. The van der Waals surface area contributed by atoms with Crippen molar-refractivity contribution in [1.82, 2.24) is 0 Å². The van der Waals surface area contributed by atoms with E-state index in [-0.39, 0.29) is 5.41 Å². The molecule has 0 bridgehead atoms. The monoisotopic (exact) mass is 573 g/mol. The van der Waals surface area contributed by atoms with Crippen LogP contribution in [0.15, 0.2) is 170 Å². The lowest BCUT2D eigenvalue weighted by molar-refractivity contribution is 0.794. The van der Waals surface area contributed by atoms with Crippen LogP contribution in [0.2, 0.25) is 0 Å². The van der Waals surface area contributed by atoms with Gasteiger partial charge in [0.15, 0.2) is 0 Å². The van der Waals surface area contributed by atoms with Gasteiger partial charge in [-0.05, 0) is 75.7 Å². The van der Waals surface area contributed by atoms with Crippen LogP contribution >= 0.6 is 0 Å². The highest BCUT2D eigenvalue weighted by Crippen LogP contribution is 2.64. The molecule has 0 unspecified atom stereocenters. The van der Waals surface area contributed by atoms with Crippen LogP contribution in [0.1, 0.15) is 27.8 Å². The molecule has 0 heterocycles. The molecular formula is C44H31N. The second kappa shape index (κ2) is 9.94. The summed E-state index contributed by atoms with van der Waals surface area (Å²) in [5.74, 6) is 0. The van der Waals surface area contributed by atoms with Crippen LogP contribution in [0.3, 0.4) is 0 Å². The first-order valence-corrected chi connectivity index (χ1v) is 15.7. The maximum absolute atomic E-state index is 2.48. The molecule has 0 N–H and O–H groups in total. The minimum Gasteiger partial charge on any atom is -0.309 e. The summed E-state index contributed by atoms with van der Waals surface area (Å²) < 4.78 is 0. The molecule has 0 aromatic heterocycles. The van der Waals surface area contributed by atoms with Crippen molar-refractivity contribution in [1.29, 1.82) is 0 Å². The highest BCUT2D eigenvalue weighted by atomic mass is 15.1. The average Bonchev–Trinajstić information content (AvgIpc) is 3.58. The Hall–Kier alpha value is -5.66. The molecule has 1 nitrogen and oxygen atoms in total. The molecule has 7 aromatic carbocycles. The number of aryl methyl sites for hydroxylation is 1. The van der Waals surface area contributed by atoms with Crippen LogP contribution in [0.5, 0.6) is 0 Å². The van der Waals surface area contributed by atoms with Gasteiger partial charge in [-0.2, -0.15) is 0 Å². The van der Waals surface area contributed by atoms with Crippen LogP contribution in [0.25, 0.3) is 33.4 Å². The van der Waals surface area contributed by atoms with Gasteiger partial charge in [-0.1, -0.05) is 151 Å². The van der Waals surface area contributed by atoms with Gasteiger partial charge in [0.25, 0.3) is 0 Å². The summed E-state index contributed by atoms with van der Waals surface area (Å²) in [6, 6.07) is 62.5. The van der Waals surface area contributed by atoms with Gasteiger partial charge in [0.1, 0.15) is 0 Å². The fourth-order valence-corrected chi connectivity index (χ4v) is 7.94. The van der Waals surface area contributed by atoms with Crippen molar-refractivity contribution in [2.75, 3.05) is 4.90 Å². The van der Waals surface area contributed by atoms with E-state index in [2.05, 4.69) is 182 Å². The number of fused-ring (bicyclic) bond motifs is 10. The molecule has 0 saturated carbocycles. The van der Waals surface area contributed by atoms with Crippen molar-refractivity contribution in [2.24, 2.45) is 0 Å². The molecule has 2 aliphatic rings. The lowest BCUT2D eigenvalue weighted by Crippen LogP contribution is -2.26. The van der Waals surface area contributed by atoms with Gasteiger partial charge < -0.3 is 4.90 Å². The Morgan fingerprint density at radius 2 is 0.867 bits per heavy atom. The number of nitrogens with zero attached hydrogens (tertiary/aromatic N) is 1. The van der Waals surface area contributed by atoms with Gasteiger partial charge >= 0.3 is 0 Å². The Kier molecular flexibility index (Phi) is 5.70. The van der Waals surface area contributed by atoms with Crippen LogP contribution < -0.4 is 4.90 Å². The Morgan fingerprint density at radius 3 is 1.53 bits per heavy atom. The second-order valence-electron chi connectivity index (χ2n) is 12.1. The minimum atomic E-state index is -0.382. The average molecular weight is 574 g/mol. The third-order valence-corrected chi connectivity index (χ3v) is 9.76. The zero-order chi connectivity index (χ0) is 30.0. The summed E-state index contributed by atoms with van der Waals surface area (Å²) in [7, 11) is 0. The van der Waals surface area contributed by atoms with Gasteiger partial charge in [0, 0.05) is 16.8 Å². The molecule has 7 aromatic rings. The maximum Gasteiger partial charge on any atom is 0.0726 e. The largest absolute Gasteiger partial charge is 0.309 e. The SMILES string of the molecule is Cc1ccc(N(c2ccccc2-c2ccccc2)c2cccc3c2-c2ccccc2C32c3ccccc3-c3ccccc32)cc1. The maximum atomic E-state index is 2.48. The summed E-state index contributed by atoms with van der Waals surface area (Å²) >= 11 is 0. The highest BCUT2D eigenvalue weighted by Gasteiger charge is 2.52. The number of hydrogen-bond donors (Lipinski definition) is 0. The molecule has 45 heavy (non-hydrogen) atoms. The van der Waals surface area contributed by atoms with Crippen LogP contribution in [-0.2, 0) is 5.41 Å². The molecule has 1 spiro atoms. The predicted molar refractivity (Wildman–Crippen MR) is 188 cm³/mol. The molecule has 0 aliphatic heterocycles. The van der Waals surface area contributed by atoms with Gasteiger partial charge in [-0.3, -0.25) is 0 Å². The van der Waals surface area contributed by atoms with E-state index in [1.54, 1.807) is 0 Å². The second-order valence-corrected chi connectivity index (χ2v) is 12.1. The minimum absolute atomic E-state index is 0.382. The zero-order valence-electron chi connectivity index (χ0n) is 25.1. The summed E-state index contributed by atoms with van der Waals surface area (Å²) in [6.07, 6.45) is 0. The van der Waals surface area contributed by atoms with Gasteiger partial charge in [-0.15, -0.1) is 0 Å². The van der Waals surface area contributed by atoms with Crippen molar-refractivity contribution < 1.29 is 0 Å². The Balaban J connectivity index is 1.39. The van der Waals surface area contributed by atoms with Crippen molar-refractivity contribution in [3.05, 3.63) is 198 Å². The molecule has 1 heteroatoms. The highest BCUT2D eigenvalue weighted by molar-refractivity contribution is 6.02. The number of rotatable bonds is 4. The topological polar surface area (TPSA) is 3.24 Å². The standard InChI is InChI=1S/C44H31N/c1-30-26-28-32(29-27-30)45(41-24-12-8-16-33(41)31-14-3-2-4-15-31)42-25-13-23-40-43(42)36-19-7-11-22-39(36)44(40)37-20-9-5-17-34(37)35-18-6-10-21-38(35)44/h2-29H,1H3. The van der Waals surface area contributed by atoms with E-state index < -0.39 is 0 Å². The summed E-state index contributed by atoms with van der Waals surface area (Å²) in [5.41, 5.74) is 17.4. The third kappa shape index (κ3) is 3.62. The lowest BCUT2D eigenvalue weighted by Gasteiger charge is -2.32. The summed E-state index contributed by atoms with van der Waals surface area (Å²) in [6.45, 7) is 2.15. The van der Waals surface area contributed by atoms with Crippen molar-refractivity contribution in [3.8, 4) is 33.4 Å². The lowest BCUT2D eigenvalue weighted by atomic mass is 9.70. The number of anilines is 3. The van der Waals surface area contributed by atoms with Crippen molar-refractivity contribution in [2.45, 2.75) is 12.3 Å². The van der Waals surface area contributed by atoms with E-state index in [0.29, 0.717) is 0 Å². The molecule has 212 valence electrons. The molecule has 0 fully saturated rings. The van der Waals surface area contributed by atoms with E-state index in [1.807, 2.05) is 0 Å². The fraction of sp³-hybridized carbons (Fsp3) is 0.0455. The van der Waals surface area contributed by atoms with E-state index in [0.717, 1.165) is 11.4 Å². The number of hydrogen-bond acceptors (Lipinski definition) is 1. The van der Waals surface area contributed by atoms with Gasteiger partial charge in [0.05, 0.1) is 16.8 Å². The van der Waals surface area contributed by atoms with Crippen LogP contribution in [-0.4, -0.2) is 0 Å². The quantitative estimate of drug-likeness (QED) is 0.202. The molecule has 0 saturated heterocycles. The Morgan fingerprint density at radius 1 is 0.378 bits per heavy atom. The summed E-state index contributed by atoms with van der Waals surface area (Å²) in [4.78, 5) is 2.48. The third-order valence-electron chi connectivity index (χ3n) is 9.76. The fourth-order valence-electron chi connectivity index (χ4n) is 7.94.